The van der Waals surface area contributed by atoms with Crippen LogP contribution < -0.4 is 10.1 Å². The number of benzene rings is 2. The molecule has 3 heteroatoms. The summed E-state index contributed by atoms with van der Waals surface area (Å²) in [7, 11) is 0. The average Bonchev–Trinajstić information content (AvgIpc) is 2.51. The fourth-order valence-corrected chi connectivity index (χ4v) is 2.22. The molecule has 3 nitrogen and oxygen atoms in total. The standard InChI is InChI=1S/C19H23NO2/c1-5-16-8-6-7-9-18(16)22-15(4)19(21)20-17-11-10-13(2)14(3)12-17/h6-12,15H,5H2,1-4H3,(H,20,21)/t15-/m1/s1. The van der Waals surface area contributed by atoms with Crippen LogP contribution in [0.25, 0.3) is 0 Å². The van der Waals surface area contributed by atoms with Crippen molar-refractivity contribution in [2.45, 2.75) is 40.2 Å². The van der Waals surface area contributed by atoms with Crippen LogP contribution in [0.1, 0.15) is 30.5 Å². The van der Waals surface area contributed by atoms with Gasteiger partial charge in [0, 0.05) is 5.69 Å². The van der Waals surface area contributed by atoms with E-state index in [1.54, 1.807) is 6.92 Å². The largest absolute Gasteiger partial charge is 0.481 e. The van der Waals surface area contributed by atoms with Crippen molar-refractivity contribution >= 4 is 11.6 Å². The number of nitrogens with one attached hydrogen (secondary N) is 1. The summed E-state index contributed by atoms with van der Waals surface area (Å²) in [5.41, 5.74) is 4.27. The lowest BCUT2D eigenvalue weighted by Crippen LogP contribution is -2.30. The minimum atomic E-state index is -0.547. The van der Waals surface area contributed by atoms with Crippen molar-refractivity contribution in [2.75, 3.05) is 5.32 Å². The zero-order chi connectivity index (χ0) is 16.1. The highest BCUT2D eigenvalue weighted by molar-refractivity contribution is 5.94. The summed E-state index contributed by atoms with van der Waals surface area (Å²) in [5.74, 6) is 0.627. The first-order valence-electron chi connectivity index (χ1n) is 7.64. The van der Waals surface area contributed by atoms with Gasteiger partial charge in [0.05, 0.1) is 0 Å². The molecule has 116 valence electrons. The van der Waals surface area contributed by atoms with Crippen molar-refractivity contribution in [3.05, 3.63) is 59.2 Å². The van der Waals surface area contributed by atoms with Gasteiger partial charge in [0.25, 0.3) is 5.91 Å². The Balaban J connectivity index is 2.04. The Morgan fingerprint density at radius 1 is 1.14 bits per heavy atom. The number of aryl methyl sites for hydroxylation is 3. The first-order valence-corrected chi connectivity index (χ1v) is 7.64. The number of ether oxygens (including phenoxy) is 1. The highest BCUT2D eigenvalue weighted by Gasteiger charge is 2.16. The van der Waals surface area contributed by atoms with Crippen LogP contribution in [0.15, 0.2) is 42.5 Å². The molecule has 0 radical (unpaired) electrons. The molecule has 0 aliphatic rings. The Morgan fingerprint density at radius 3 is 2.55 bits per heavy atom. The average molecular weight is 297 g/mol. The Kier molecular flexibility index (Phi) is 5.21. The van der Waals surface area contributed by atoms with Crippen LogP contribution in [-0.2, 0) is 11.2 Å². The van der Waals surface area contributed by atoms with Gasteiger partial charge < -0.3 is 10.1 Å². The molecule has 0 aliphatic heterocycles. The summed E-state index contributed by atoms with van der Waals surface area (Å²) in [6, 6.07) is 13.7. The van der Waals surface area contributed by atoms with Gasteiger partial charge in [-0.25, -0.2) is 0 Å². The number of rotatable bonds is 5. The lowest BCUT2D eigenvalue weighted by molar-refractivity contribution is -0.122. The predicted molar refractivity (Wildman–Crippen MR) is 90.5 cm³/mol. The fraction of sp³-hybridized carbons (Fsp3) is 0.316. The van der Waals surface area contributed by atoms with Gasteiger partial charge in [-0.15, -0.1) is 0 Å². The van der Waals surface area contributed by atoms with E-state index in [4.69, 9.17) is 4.74 Å². The topological polar surface area (TPSA) is 38.3 Å². The molecule has 1 N–H and O–H groups in total. The van der Waals surface area contributed by atoms with Crippen molar-refractivity contribution in [2.24, 2.45) is 0 Å². The summed E-state index contributed by atoms with van der Waals surface area (Å²) in [6.45, 7) is 7.92. The smallest absolute Gasteiger partial charge is 0.265 e. The summed E-state index contributed by atoms with van der Waals surface area (Å²) in [5, 5.41) is 2.90. The first-order chi connectivity index (χ1) is 10.5. The van der Waals surface area contributed by atoms with Crippen LogP contribution in [0.2, 0.25) is 0 Å². The molecule has 0 unspecified atom stereocenters. The van der Waals surface area contributed by atoms with Gasteiger partial charge >= 0.3 is 0 Å². The van der Waals surface area contributed by atoms with E-state index >= 15 is 0 Å². The van der Waals surface area contributed by atoms with Crippen molar-refractivity contribution < 1.29 is 9.53 Å². The van der Waals surface area contributed by atoms with E-state index in [9.17, 15) is 4.79 Å². The highest BCUT2D eigenvalue weighted by atomic mass is 16.5. The number of carbonyl (C=O) groups is 1. The Morgan fingerprint density at radius 2 is 1.86 bits per heavy atom. The monoisotopic (exact) mass is 297 g/mol. The second-order valence-electron chi connectivity index (χ2n) is 5.51. The van der Waals surface area contributed by atoms with E-state index in [1.165, 1.54) is 5.56 Å². The first kappa shape index (κ1) is 16.1. The van der Waals surface area contributed by atoms with Crippen molar-refractivity contribution in [3.63, 3.8) is 0 Å². The maximum absolute atomic E-state index is 12.3. The van der Waals surface area contributed by atoms with Gasteiger partial charge in [-0.05, 0) is 62.1 Å². The fourth-order valence-electron chi connectivity index (χ4n) is 2.22. The number of amides is 1. The molecule has 22 heavy (non-hydrogen) atoms. The second kappa shape index (κ2) is 7.12. The molecule has 0 spiro atoms. The second-order valence-corrected chi connectivity index (χ2v) is 5.51. The third kappa shape index (κ3) is 3.88. The lowest BCUT2D eigenvalue weighted by atomic mass is 10.1. The number of anilines is 1. The molecule has 2 aromatic carbocycles. The molecule has 0 bridgehead atoms. The molecule has 2 rings (SSSR count). The summed E-state index contributed by atoms with van der Waals surface area (Å²) in [6.07, 6.45) is 0.330. The van der Waals surface area contributed by atoms with Gasteiger partial charge in [0.2, 0.25) is 0 Å². The van der Waals surface area contributed by atoms with E-state index in [1.807, 2.05) is 56.3 Å². The molecule has 2 aromatic rings. The van der Waals surface area contributed by atoms with Gasteiger partial charge in [0.1, 0.15) is 5.75 Å². The molecule has 0 heterocycles. The zero-order valence-corrected chi connectivity index (χ0v) is 13.6. The van der Waals surface area contributed by atoms with E-state index in [0.717, 1.165) is 29.0 Å². The van der Waals surface area contributed by atoms with Crippen LogP contribution >= 0.6 is 0 Å². The predicted octanol–water partition coefficient (Wildman–Crippen LogP) is 4.27. The number of para-hydroxylation sites is 1. The Labute approximate surface area is 132 Å². The van der Waals surface area contributed by atoms with Gasteiger partial charge in [-0.1, -0.05) is 31.2 Å². The number of hydrogen-bond donors (Lipinski definition) is 1. The molecule has 0 fully saturated rings. The van der Waals surface area contributed by atoms with E-state index in [2.05, 4.69) is 12.2 Å². The summed E-state index contributed by atoms with van der Waals surface area (Å²) in [4.78, 5) is 12.3. The maximum Gasteiger partial charge on any atom is 0.265 e. The highest BCUT2D eigenvalue weighted by Crippen LogP contribution is 2.20. The van der Waals surface area contributed by atoms with Gasteiger partial charge in [-0.3, -0.25) is 4.79 Å². The van der Waals surface area contributed by atoms with Gasteiger partial charge in [0.15, 0.2) is 6.10 Å². The molecule has 1 amide bonds. The lowest BCUT2D eigenvalue weighted by Gasteiger charge is -2.17. The van der Waals surface area contributed by atoms with Crippen LogP contribution in [0.3, 0.4) is 0 Å². The third-order valence-corrected chi connectivity index (χ3v) is 3.80. The maximum atomic E-state index is 12.3. The normalized spacial score (nSPS) is 11.8. The summed E-state index contributed by atoms with van der Waals surface area (Å²) >= 11 is 0. The molecule has 0 aromatic heterocycles. The SMILES string of the molecule is CCc1ccccc1O[C@H](C)C(=O)Nc1ccc(C)c(C)c1. The number of carbonyl (C=O) groups excluding carboxylic acids is 1. The molecule has 0 saturated carbocycles. The quantitative estimate of drug-likeness (QED) is 0.895. The van der Waals surface area contributed by atoms with E-state index in [0.29, 0.717) is 0 Å². The van der Waals surface area contributed by atoms with Crippen LogP contribution in [-0.4, -0.2) is 12.0 Å². The number of hydrogen-bond acceptors (Lipinski definition) is 2. The van der Waals surface area contributed by atoms with Crippen LogP contribution in [0, 0.1) is 13.8 Å². The third-order valence-electron chi connectivity index (χ3n) is 3.80. The molecule has 1 atom stereocenters. The van der Waals surface area contributed by atoms with Crippen LogP contribution in [0.5, 0.6) is 5.75 Å². The zero-order valence-electron chi connectivity index (χ0n) is 13.6. The minimum absolute atomic E-state index is 0.144. The summed E-state index contributed by atoms with van der Waals surface area (Å²) < 4.78 is 5.81. The van der Waals surface area contributed by atoms with Crippen LogP contribution in [0.4, 0.5) is 5.69 Å². The van der Waals surface area contributed by atoms with E-state index < -0.39 is 6.10 Å². The molecule has 0 aliphatic carbocycles. The van der Waals surface area contributed by atoms with E-state index in [-0.39, 0.29) is 5.91 Å². The molecular weight excluding hydrogens is 274 g/mol. The molecule has 0 saturated heterocycles. The minimum Gasteiger partial charge on any atom is -0.481 e. The van der Waals surface area contributed by atoms with Gasteiger partial charge in [-0.2, -0.15) is 0 Å². The van der Waals surface area contributed by atoms with Crippen molar-refractivity contribution in [1.82, 2.24) is 0 Å². The van der Waals surface area contributed by atoms with Crippen molar-refractivity contribution in [3.8, 4) is 5.75 Å². The molecular formula is C19H23NO2. The Bertz CT molecular complexity index is 664. The van der Waals surface area contributed by atoms with Crippen molar-refractivity contribution in [1.29, 1.82) is 0 Å². The Hall–Kier alpha value is -2.29.